The van der Waals surface area contributed by atoms with E-state index >= 15 is 0 Å². The van der Waals surface area contributed by atoms with Crippen molar-refractivity contribution in [2.24, 2.45) is 0 Å². The lowest BCUT2D eigenvalue weighted by Crippen LogP contribution is -2.50. The molecule has 3 unspecified atom stereocenters. The number of methoxy groups -OCH3 is 1. The molecule has 0 spiro atoms. The minimum atomic E-state index is -3.23. The Morgan fingerprint density at radius 2 is 2.04 bits per heavy atom. The third kappa shape index (κ3) is 4.34. The molecule has 1 aromatic rings. The molecule has 2 aliphatic rings. The van der Waals surface area contributed by atoms with Gasteiger partial charge in [0.25, 0.3) is 0 Å². The van der Waals surface area contributed by atoms with Gasteiger partial charge in [0.1, 0.15) is 0 Å². The Hall–Kier alpha value is -0.990. The van der Waals surface area contributed by atoms with E-state index in [2.05, 4.69) is 9.62 Å². The van der Waals surface area contributed by atoms with Gasteiger partial charge in [-0.1, -0.05) is 30.3 Å². The van der Waals surface area contributed by atoms with E-state index in [0.717, 1.165) is 24.9 Å². The summed E-state index contributed by atoms with van der Waals surface area (Å²) in [5.74, 6) is 0.145. The Morgan fingerprint density at radius 1 is 1.25 bits per heavy atom. The fourth-order valence-electron chi connectivity index (χ4n) is 3.71. The first kappa shape index (κ1) is 17.8. The molecule has 2 aliphatic heterocycles. The van der Waals surface area contributed by atoms with E-state index in [1.165, 1.54) is 0 Å². The summed E-state index contributed by atoms with van der Waals surface area (Å²) < 4.78 is 38.0. The molecule has 0 amide bonds. The summed E-state index contributed by atoms with van der Waals surface area (Å²) in [6, 6.07) is 9.97. The van der Waals surface area contributed by atoms with Gasteiger partial charge < -0.3 is 9.47 Å². The fraction of sp³-hybridized carbons (Fsp3) is 0.647. The topological polar surface area (TPSA) is 67.9 Å². The van der Waals surface area contributed by atoms with Crippen LogP contribution in [0.4, 0.5) is 0 Å². The third-order valence-corrected chi connectivity index (χ3v) is 6.24. The van der Waals surface area contributed by atoms with E-state index in [9.17, 15) is 8.42 Å². The summed E-state index contributed by atoms with van der Waals surface area (Å²) in [5, 5.41) is 0. The molecule has 7 heteroatoms. The van der Waals surface area contributed by atoms with Gasteiger partial charge in [0.2, 0.25) is 10.0 Å². The van der Waals surface area contributed by atoms with Crippen molar-refractivity contribution in [3.05, 3.63) is 35.9 Å². The summed E-state index contributed by atoms with van der Waals surface area (Å²) in [6.07, 6.45) is 2.14. The molecular weight excluding hydrogens is 328 g/mol. The molecule has 134 valence electrons. The van der Waals surface area contributed by atoms with Crippen LogP contribution in [0.3, 0.4) is 0 Å². The van der Waals surface area contributed by atoms with Crippen LogP contribution in [0, 0.1) is 0 Å². The molecule has 3 atom stereocenters. The first-order chi connectivity index (χ1) is 11.6. The number of rotatable bonds is 7. The zero-order valence-corrected chi connectivity index (χ0v) is 14.9. The molecule has 2 heterocycles. The van der Waals surface area contributed by atoms with Gasteiger partial charge >= 0.3 is 0 Å². The third-order valence-electron chi connectivity index (χ3n) is 4.80. The molecule has 0 aliphatic carbocycles. The number of hydrogen-bond acceptors (Lipinski definition) is 5. The molecule has 0 saturated carbocycles. The maximum absolute atomic E-state index is 12.1. The number of hydrogen-bond donors (Lipinski definition) is 1. The highest BCUT2D eigenvalue weighted by Gasteiger charge is 2.43. The van der Waals surface area contributed by atoms with Crippen LogP contribution in [0.1, 0.15) is 18.4 Å². The van der Waals surface area contributed by atoms with Gasteiger partial charge in [-0.2, -0.15) is 0 Å². The van der Waals surface area contributed by atoms with Crippen molar-refractivity contribution in [3.8, 4) is 0 Å². The lowest BCUT2D eigenvalue weighted by molar-refractivity contribution is 0.0533. The molecule has 1 aromatic carbocycles. The summed E-state index contributed by atoms with van der Waals surface area (Å²) in [6.45, 7) is 2.45. The van der Waals surface area contributed by atoms with Gasteiger partial charge in [-0.15, -0.1) is 0 Å². The van der Waals surface area contributed by atoms with Crippen molar-refractivity contribution in [2.45, 2.75) is 37.6 Å². The smallest absolute Gasteiger partial charge is 0.213 e. The van der Waals surface area contributed by atoms with Crippen LogP contribution in [0.5, 0.6) is 0 Å². The minimum absolute atomic E-state index is 0.0478. The number of ether oxygens (including phenoxy) is 2. The zero-order valence-electron chi connectivity index (χ0n) is 14.1. The fourth-order valence-corrected chi connectivity index (χ4v) is 5.37. The molecule has 3 rings (SSSR count). The van der Waals surface area contributed by atoms with Gasteiger partial charge in [0.15, 0.2) is 0 Å². The second kappa shape index (κ2) is 7.93. The van der Waals surface area contributed by atoms with Crippen molar-refractivity contribution in [1.29, 1.82) is 0 Å². The molecule has 0 radical (unpaired) electrons. The number of nitrogens with zero attached hydrogens (tertiary/aromatic N) is 1. The first-order valence-electron chi connectivity index (χ1n) is 8.45. The maximum atomic E-state index is 12.1. The summed E-state index contributed by atoms with van der Waals surface area (Å²) in [7, 11) is -1.53. The Kier molecular flexibility index (Phi) is 5.89. The van der Waals surface area contributed by atoms with Crippen molar-refractivity contribution in [3.63, 3.8) is 0 Å². The van der Waals surface area contributed by atoms with Crippen LogP contribution in [0.25, 0.3) is 0 Å². The van der Waals surface area contributed by atoms with Crippen LogP contribution < -0.4 is 4.72 Å². The maximum Gasteiger partial charge on any atom is 0.213 e. The van der Waals surface area contributed by atoms with Crippen molar-refractivity contribution >= 4 is 10.0 Å². The molecule has 2 fully saturated rings. The van der Waals surface area contributed by atoms with Gasteiger partial charge in [0.05, 0.1) is 31.6 Å². The number of sulfonamides is 1. The van der Waals surface area contributed by atoms with Gasteiger partial charge in [-0.05, 0) is 24.9 Å². The second-order valence-electron chi connectivity index (χ2n) is 6.56. The highest BCUT2D eigenvalue weighted by Crippen LogP contribution is 2.26. The molecule has 0 aromatic heterocycles. The van der Waals surface area contributed by atoms with Gasteiger partial charge in [-0.3, -0.25) is 4.90 Å². The quantitative estimate of drug-likeness (QED) is 0.791. The Labute approximate surface area is 144 Å². The minimum Gasteiger partial charge on any atom is -0.383 e. The monoisotopic (exact) mass is 354 g/mol. The van der Waals surface area contributed by atoms with Gasteiger partial charge in [-0.25, -0.2) is 13.1 Å². The van der Waals surface area contributed by atoms with Gasteiger partial charge in [0, 0.05) is 19.2 Å². The van der Waals surface area contributed by atoms with E-state index in [-0.39, 0.29) is 17.8 Å². The second-order valence-corrected chi connectivity index (χ2v) is 8.36. The lowest BCUT2D eigenvalue weighted by atomic mass is 10.1. The normalized spacial score (nSPS) is 30.0. The highest BCUT2D eigenvalue weighted by molar-refractivity contribution is 7.89. The van der Waals surface area contributed by atoms with Crippen LogP contribution >= 0.6 is 0 Å². The van der Waals surface area contributed by atoms with E-state index < -0.39 is 10.0 Å². The Balaban J connectivity index is 1.61. The van der Waals surface area contributed by atoms with Crippen LogP contribution in [0.2, 0.25) is 0 Å². The predicted molar refractivity (Wildman–Crippen MR) is 92.2 cm³/mol. The average molecular weight is 354 g/mol. The molecule has 2 saturated heterocycles. The predicted octanol–water partition coefficient (Wildman–Crippen LogP) is 0.984. The standard InChI is InChI=1S/C17H26N2O4S/c1-22-11-15-8-5-9-19(15)17-13-24(20,21)18-16(17)12-23-10-14-6-3-2-4-7-14/h2-4,6-7,15-18H,5,8-13H2,1H3. The SMILES string of the molecule is COCC1CCCN1C1CS(=O)(=O)NC1COCc1ccccc1. The van der Waals surface area contributed by atoms with Crippen LogP contribution in [-0.2, 0) is 26.1 Å². The first-order valence-corrected chi connectivity index (χ1v) is 10.1. The summed E-state index contributed by atoms with van der Waals surface area (Å²) in [4.78, 5) is 2.29. The molecule has 0 bridgehead atoms. The molecule has 6 nitrogen and oxygen atoms in total. The van der Waals surface area contributed by atoms with Crippen LogP contribution in [-0.4, -0.2) is 64.1 Å². The summed E-state index contributed by atoms with van der Waals surface area (Å²) in [5.41, 5.74) is 1.09. The lowest BCUT2D eigenvalue weighted by Gasteiger charge is -2.32. The van der Waals surface area contributed by atoms with Crippen LogP contribution in [0.15, 0.2) is 30.3 Å². The number of likely N-dealkylation sites (tertiary alicyclic amines) is 1. The molecule has 24 heavy (non-hydrogen) atoms. The Bertz CT molecular complexity index is 623. The van der Waals surface area contributed by atoms with Crippen molar-refractivity contribution in [2.75, 3.05) is 32.6 Å². The van der Waals surface area contributed by atoms with E-state index in [1.54, 1.807) is 7.11 Å². The van der Waals surface area contributed by atoms with E-state index in [4.69, 9.17) is 9.47 Å². The largest absolute Gasteiger partial charge is 0.383 e. The molecular formula is C17H26N2O4S. The van der Waals surface area contributed by atoms with E-state index in [0.29, 0.717) is 25.9 Å². The Morgan fingerprint density at radius 3 is 2.79 bits per heavy atom. The number of benzene rings is 1. The van der Waals surface area contributed by atoms with Crippen molar-refractivity contribution in [1.82, 2.24) is 9.62 Å². The van der Waals surface area contributed by atoms with Crippen molar-refractivity contribution < 1.29 is 17.9 Å². The zero-order chi connectivity index (χ0) is 17.0. The van der Waals surface area contributed by atoms with E-state index in [1.807, 2.05) is 30.3 Å². The average Bonchev–Trinajstić information content (AvgIpc) is 3.12. The highest BCUT2D eigenvalue weighted by atomic mass is 32.2. The number of nitrogens with one attached hydrogen (secondary N) is 1. The molecule has 1 N–H and O–H groups in total. The summed E-state index contributed by atoms with van der Waals surface area (Å²) >= 11 is 0.